The molecule has 1 atom stereocenters. The molecule has 0 saturated carbocycles. The summed E-state index contributed by atoms with van der Waals surface area (Å²) in [6.45, 7) is 0.793. The number of urea groups is 1. The Kier molecular flexibility index (Phi) is 6.34. The van der Waals surface area contributed by atoms with Gasteiger partial charge < -0.3 is 20.6 Å². The second kappa shape index (κ2) is 8.68. The van der Waals surface area contributed by atoms with Crippen molar-refractivity contribution in [1.82, 2.24) is 10.6 Å². The lowest BCUT2D eigenvalue weighted by Gasteiger charge is -2.32. The van der Waals surface area contributed by atoms with E-state index in [0.717, 1.165) is 6.42 Å². The average Bonchev–Trinajstić information content (AvgIpc) is 2.60. The molecule has 3 amide bonds. The fraction of sp³-hybridized carbons (Fsp3) is 0.412. The molecule has 0 aromatic heterocycles. The predicted octanol–water partition coefficient (Wildman–Crippen LogP) is 1.22. The van der Waals surface area contributed by atoms with Crippen LogP contribution in [0, 0.1) is 11.3 Å². The fourth-order valence-electron chi connectivity index (χ4n) is 2.63. The lowest BCUT2D eigenvalue weighted by molar-refractivity contribution is -0.137. The van der Waals surface area contributed by atoms with E-state index in [1.54, 1.807) is 29.2 Å². The maximum absolute atomic E-state index is 12.6. The van der Waals surface area contributed by atoms with Crippen LogP contribution in [0.15, 0.2) is 24.3 Å². The lowest BCUT2D eigenvalue weighted by Crippen LogP contribution is -2.54. The number of piperidine rings is 1. The minimum absolute atomic E-state index is 0.0187. The molecule has 0 aliphatic carbocycles. The van der Waals surface area contributed by atoms with E-state index in [1.165, 1.54) is 0 Å². The van der Waals surface area contributed by atoms with Crippen LogP contribution < -0.4 is 15.5 Å². The molecule has 8 heteroatoms. The zero-order valence-electron chi connectivity index (χ0n) is 13.7. The van der Waals surface area contributed by atoms with Crippen LogP contribution in [0.25, 0.3) is 0 Å². The van der Waals surface area contributed by atoms with Crippen LogP contribution in [-0.4, -0.2) is 42.1 Å². The van der Waals surface area contributed by atoms with Gasteiger partial charge in [0.2, 0.25) is 5.91 Å². The molecule has 2 rings (SSSR count). The van der Waals surface area contributed by atoms with E-state index in [1.807, 2.05) is 6.07 Å². The van der Waals surface area contributed by atoms with Crippen molar-refractivity contribution in [2.45, 2.75) is 31.7 Å². The Balaban J connectivity index is 1.89. The molecule has 1 aliphatic rings. The number of nitriles is 1. The Labute approximate surface area is 145 Å². The molecule has 25 heavy (non-hydrogen) atoms. The highest BCUT2D eigenvalue weighted by molar-refractivity contribution is 5.99. The first-order valence-corrected chi connectivity index (χ1v) is 8.09. The highest BCUT2D eigenvalue weighted by Crippen LogP contribution is 2.21. The first-order chi connectivity index (χ1) is 12.0. The van der Waals surface area contributed by atoms with Crippen LogP contribution in [0.3, 0.4) is 0 Å². The summed E-state index contributed by atoms with van der Waals surface area (Å²) in [4.78, 5) is 36.4. The molecule has 1 heterocycles. The minimum atomic E-state index is -0.914. The SMILES string of the molecule is N#Cc1ccc(N2CCCC(NC(=O)NCCCC(=O)O)C2=O)cc1. The Morgan fingerprint density at radius 2 is 2.04 bits per heavy atom. The van der Waals surface area contributed by atoms with Crippen LogP contribution in [-0.2, 0) is 9.59 Å². The molecule has 1 aliphatic heterocycles. The van der Waals surface area contributed by atoms with Crippen molar-refractivity contribution in [3.05, 3.63) is 29.8 Å². The topological polar surface area (TPSA) is 123 Å². The van der Waals surface area contributed by atoms with Crippen LogP contribution in [0.4, 0.5) is 10.5 Å². The van der Waals surface area contributed by atoms with E-state index in [-0.39, 0.29) is 18.9 Å². The third-order valence-corrected chi connectivity index (χ3v) is 3.91. The van der Waals surface area contributed by atoms with E-state index >= 15 is 0 Å². The number of nitrogens with one attached hydrogen (secondary N) is 2. The Morgan fingerprint density at radius 1 is 1.32 bits per heavy atom. The maximum Gasteiger partial charge on any atom is 0.315 e. The molecule has 132 valence electrons. The number of amides is 3. The van der Waals surface area contributed by atoms with Crippen molar-refractivity contribution in [2.24, 2.45) is 0 Å². The Bertz CT molecular complexity index is 681. The van der Waals surface area contributed by atoms with Crippen molar-refractivity contribution in [1.29, 1.82) is 5.26 Å². The highest BCUT2D eigenvalue weighted by atomic mass is 16.4. The zero-order valence-corrected chi connectivity index (χ0v) is 13.7. The van der Waals surface area contributed by atoms with Gasteiger partial charge in [-0.2, -0.15) is 5.26 Å². The van der Waals surface area contributed by atoms with Gasteiger partial charge in [-0.25, -0.2) is 4.79 Å². The number of hydrogen-bond acceptors (Lipinski definition) is 4. The van der Waals surface area contributed by atoms with E-state index in [9.17, 15) is 14.4 Å². The number of benzene rings is 1. The molecule has 0 bridgehead atoms. The Morgan fingerprint density at radius 3 is 2.68 bits per heavy atom. The minimum Gasteiger partial charge on any atom is -0.481 e. The van der Waals surface area contributed by atoms with Gasteiger partial charge in [0.15, 0.2) is 0 Å². The number of carbonyl (C=O) groups excluding carboxylic acids is 2. The number of carboxylic acid groups (broad SMARTS) is 1. The molecule has 0 spiro atoms. The quantitative estimate of drug-likeness (QED) is 0.670. The first kappa shape index (κ1) is 18.3. The summed E-state index contributed by atoms with van der Waals surface area (Å²) >= 11 is 0. The second-order valence-electron chi connectivity index (χ2n) is 5.74. The molecule has 1 fully saturated rings. The van der Waals surface area contributed by atoms with Crippen molar-refractivity contribution < 1.29 is 19.5 Å². The van der Waals surface area contributed by atoms with Gasteiger partial charge in [-0.1, -0.05) is 0 Å². The van der Waals surface area contributed by atoms with Gasteiger partial charge >= 0.3 is 12.0 Å². The molecule has 1 aromatic rings. The van der Waals surface area contributed by atoms with Gasteiger partial charge in [-0.3, -0.25) is 9.59 Å². The summed E-state index contributed by atoms with van der Waals surface area (Å²) in [7, 11) is 0. The van der Waals surface area contributed by atoms with Crippen molar-refractivity contribution in [3.8, 4) is 6.07 Å². The molecule has 3 N–H and O–H groups in total. The van der Waals surface area contributed by atoms with E-state index < -0.39 is 18.0 Å². The van der Waals surface area contributed by atoms with Crippen LogP contribution in [0.5, 0.6) is 0 Å². The number of rotatable bonds is 6. The van der Waals surface area contributed by atoms with Gasteiger partial charge in [0.25, 0.3) is 0 Å². The maximum atomic E-state index is 12.6. The molecular formula is C17H20N4O4. The largest absolute Gasteiger partial charge is 0.481 e. The number of nitrogens with zero attached hydrogens (tertiary/aromatic N) is 2. The molecule has 1 saturated heterocycles. The smallest absolute Gasteiger partial charge is 0.315 e. The summed E-state index contributed by atoms with van der Waals surface area (Å²) in [5.74, 6) is -1.11. The summed E-state index contributed by atoms with van der Waals surface area (Å²) in [5, 5.41) is 22.6. The standard InChI is InChI=1S/C17H20N4O4/c18-11-12-5-7-13(8-6-12)21-10-2-3-14(16(21)24)20-17(25)19-9-1-4-15(22)23/h5-8,14H,1-4,9-10H2,(H,22,23)(H2,19,20,25). The number of anilines is 1. The van der Waals surface area contributed by atoms with Crippen LogP contribution in [0.1, 0.15) is 31.2 Å². The number of hydrogen-bond donors (Lipinski definition) is 3. The predicted molar refractivity (Wildman–Crippen MR) is 89.9 cm³/mol. The zero-order chi connectivity index (χ0) is 18.2. The first-order valence-electron chi connectivity index (χ1n) is 8.09. The number of carbonyl (C=O) groups is 3. The fourth-order valence-corrected chi connectivity index (χ4v) is 2.63. The van der Waals surface area contributed by atoms with Gasteiger partial charge in [-0.05, 0) is 43.5 Å². The highest BCUT2D eigenvalue weighted by Gasteiger charge is 2.30. The van der Waals surface area contributed by atoms with Crippen LogP contribution >= 0.6 is 0 Å². The van der Waals surface area contributed by atoms with Crippen LogP contribution in [0.2, 0.25) is 0 Å². The molecule has 1 unspecified atom stereocenters. The van der Waals surface area contributed by atoms with E-state index in [4.69, 9.17) is 10.4 Å². The van der Waals surface area contributed by atoms with Gasteiger partial charge in [0.05, 0.1) is 11.6 Å². The molecular weight excluding hydrogens is 324 g/mol. The Hall–Kier alpha value is -3.08. The second-order valence-corrected chi connectivity index (χ2v) is 5.74. The normalized spacial score (nSPS) is 16.8. The van der Waals surface area contributed by atoms with Crippen molar-refractivity contribution in [3.63, 3.8) is 0 Å². The number of aliphatic carboxylic acids is 1. The van der Waals surface area contributed by atoms with Crippen molar-refractivity contribution >= 4 is 23.6 Å². The monoisotopic (exact) mass is 344 g/mol. The number of carboxylic acids is 1. The summed E-state index contributed by atoms with van der Waals surface area (Å²) in [5.41, 5.74) is 1.21. The van der Waals surface area contributed by atoms with Gasteiger partial charge in [-0.15, -0.1) is 0 Å². The third-order valence-electron chi connectivity index (χ3n) is 3.91. The summed E-state index contributed by atoms with van der Waals surface area (Å²) in [6.07, 6.45) is 1.61. The molecule has 1 aromatic carbocycles. The molecule has 0 radical (unpaired) electrons. The lowest BCUT2D eigenvalue weighted by atomic mass is 10.0. The summed E-state index contributed by atoms with van der Waals surface area (Å²) in [6, 6.07) is 7.65. The summed E-state index contributed by atoms with van der Waals surface area (Å²) < 4.78 is 0. The third kappa shape index (κ3) is 5.21. The average molecular weight is 344 g/mol. The van der Waals surface area contributed by atoms with E-state index in [0.29, 0.717) is 30.6 Å². The van der Waals surface area contributed by atoms with Gasteiger partial charge in [0.1, 0.15) is 6.04 Å². The van der Waals surface area contributed by atoms with Gasteiger partial charge in [0, 0.05) is 25.2 Å². The van der Waals surface area contributed by atoms with Crippen molar-refractivity contribution in [2.75, 3.05) is 18.0 Å². The van der Waals surface area contributed by atoms with E-state index in [2.05, 4.69) is 10.6 Å². The molecule has 8 nitrogen and oxygen atoms in total.